The smallest absolute Gasteiger partial charge is 0.326 e. The first-order chi connectivity index (χ1) is 9.31. The van der Waals surface area contributed by atoms with Crippen LogP contribution >= 0.6 is 0 Å². The van der Waals surface area contributed by atoms with E-state index in [1.165, 1.54) is 31.3 Å². The van der Waals surface area contributed by atoms with Gasteiger partial charge in [-0.05, 0) is 12.1 Å². The third kappa shape index (κ3) is 4.16. The second-order valence-corrected chi connectivity index (χ2v) is 4.02. The van der Waals surface area contributed by atoms with E-state index >= 15 is 0 Å². The zero-order valence-corrected chi connectivity index (χ0v) is 10.6. The number of carboxylic acids is 2. The summed E-state index contributed by atoms with van der Waals surface area (Å²) in [4.78, 5) is 34.3. The van der Waals surface area contributed by atoms with E-state index in [1.807, 2.05) is 0 Å². The Hall–Kier alpha value is -2.77. The average molecular weight is 282 g/mol. The van der Waals surface area contributed by atoms with E-state index in [2.05, 4.69) is 5.32 Å². The molecule has 1 atom stereocenters. The molecule has 8 heteroatoms. The van der Waals surface area contributed by atoms with Gasteiger partial charge in [-0.25, -0.2) is 9.59 Å². The van der Waals surface area contributed by atoms with Crippen molar-refractivity contribution in [2.45, 2.75) is 12.5 Å². The topological polar surface area (TPSA) is 127 Å². The normalized spacial score (nSPS) is 11.4. The quantitative estimate of drug-likeness (QED) is 0.621. The van der Waals surface area contributed by atoms with Crippen LogP contribution in [0.15, 0.2) is 24.3 Å². The number of aromatic hydroxyl groups is 1. The van der Waals surface area contributed by atoms with E-state index < -0.39 is 30.4 Å². The second kappa shape index (κ2) is 6.41. The third-order valence-corrected chi connectivity index (χ3v) is 2.50. The number of phenols is 1. The maximum absolute atomic E-state index is 11.8. The van der Waals surface area contributed by atoms with Gasteiger partial charge in [0.2, 0.25) is 0 Å². The van der Waals surface area contributed by atoms with E-state index in [1.54, 1.807) is 0 Å². The number of carbonyl (C=O) groups excluding carboxylic acids is 1. The fourth-order valence-corrected chi connectivity index (χ4v) is 1.44. The van der Waals surface area contributed by atoms with Crippen LogP contribution < -0.4 is 10.2 Å². The highest BCUT2D eigenvalue weighted by Crippen LogP contribution is 2.18. The molecule has 4 N–H and O–H groups in total. The first kappa shape index (κ1) is 15.3. The molecule has 8 nitrogen and oxygen atoms in total. The van der Waals surface area contributed by atoms with Crippen LogP contribution in [0.5, 0.6) is 5.75 Å². The van der Waals surface area contributed by atoms with Crippen molar-refractivity contribution in [2.75, 3.05) is 11.9 Å². The van der Waals surface area contributed by atoms with Crippen molar-refractivity contribution < 1.29 is 29.7 Å². The highest BCUT2D eigenvalue weighted by molar-refractivity contribution is 5.95. The Morgan fingerprint density at radius 1 is 1.30 bits per heavy atom. The van der Waals surface area contributed by atoms with Gasteiger partial charge in [-0.3, -0.25) is 9.69 Å². The Bertz CT molecular complexity index is 530. The highest BCUT2D eigenvalue weighted by Gasteiger charge is 2.24. The molecule has 0 spiro atoms. The minimum Gasteiger partial charge on any atom is -0.508 e. The van der Waals surface area contributed by atoms with Crippen LogP contribution in [0.4, 0.5) is 10.5 Å². The third-order valence-electron chi connectivity index (χ3n) is 2.50. The molecule has 20 heavy (non-hydrogen) atoms. The van der Waals surface area contributed by atoms with Gasteiger partial charge < -0.3 is 20.6 Å². The lowest BCUT2D eigenvalue weighted by Crippen LogP contribution is -2.47. The molecule has 0 unspecified atom stereocenters. The number of urea groups is 1. The number of hydrogen-bond donors (Lipinski definition) is 4. The van der Waals surface area contributed by atoms with E-state index in [9.17, 15) is 19.5 Å². The molecule has 0 fully saturated rings. The second-order valence-electron chi connectivity index (χ2n) is 4.02. The summed E-state index contributed by atoms with van der Waals surface area (Å²) in [5.41, 5.74) is 0.335. The molecule has 1 rings (SSSR count). The predicted molar refractivity (Wildman–Crippen MR) is 68.7 cm³/mol. The summed E-state index contributed by atoms with van der Waals surface area (Å²) in [7, 11) is 1.36. The standard InChI is InChI=1S/C12H14N2O6/c1-14(7-3-2-4-8(15)5-7)12(20)13-9(11(18)19)6-10(16)17/h2-5,9,15H,6H2,1H3,(H,13,20)(H,16,17)(H,18,19)/t9-/m0/s1. The number of nitrogens with one attached hydrogen (secondary N) is 1. The van der Waals surface area contributed by atoms with Gasteiger partial charge in [-0.15, -0.1) is 0 Å². The molecule has 1 aromatic rings. The SMILES string of the molecule is CN(C(=O)N[C@@H](CC(=O)O)C(=O)O)c1cccc(O)c1. The molecule has 108 valence electrons. The van der Waals surface area contributed by atoms with Crippen LogP contribution in [0.1, 0.15) is 6.42 Å². The molecule has 0 bridgehead atoms. The molecule has 0 aliphatic carbocycles. The lowest BCUT2D eigenvalue weighted by molar-refractivity contribution is -0.145. The van der Waals surface area contributed by atoms with Gasteiger partial charge in [0.05, 0.1) is 6.42 Å². The number of rotatable bonds is 5. The van der Waals surface area contributed by atoms with Crippen LogP contribution in [0.3, 0.4) is 0 Å². The Morgan fingerprint density at radius 2 is 1.95 bits per heavy atom. The molecule has 0 saturated carbocycles. The van der Waals surface area contributed by atoms with Gasteiger partial charge in [-0.2, -0.15) is 0 Å². The van der Waals surface area contributed by atoms with Crippen molar-refractivity contribution in [1.82, 2.24) is 5.32 Å². The van der Waals surface area contributed by atoms with Gasteiger partial charge in [0.1, 0.15) is 11.8 Å². The summed E-state index contributed by atoms with van der Waals surface area (Å²) >= 11 is 0. The summed E-state index contributed by atoms with van der Waals surface area (Å²) in [6.07, 6.45) is -0.727. The number of amides is 2. The van der Waals surface area contributed by atoms with Crippen LogP contribution in [0.2, 0.25) is 0 Å². The molecule has 0 saturated heterocycles. The van der Waals surface area contributed by atoms with E-state index in [-0.39, 0.29) is 5.75 Å². The Kier molecular flexibility index (Phi) is 4.90. The minimum atomic E-state index is -1.53. The maximum Gasteiger partial charge on any atom is 0.326 e. The van der Waals surface area contributed by atoms with Crippen molar-refractivity contribution in [3.63, 3.8) is 0 Å². The van der Waals surface area contributed by atoms with Crippen LogP contribution in [-0.4, -0.2) is 46.4 Å². The first-order valence-electron chi connectivity index (χ1n) is 5.59. The average Bonchev–Trinajstić information content (AvgIpc) is 2.36. The van der Waals surface area contributed by atoms with E-state index in [0.29, 0.717) is 5.69 Å². The molecule has 0 aromatic heterocycles. The summed E-state index contributed by atoms with van der Waals surface area (Å²) in [5.74, 6) is -2.83. The van der Waals surface area contributed by atoms with Crippen molar-refractivity contribution in [2.24, 2.45) is 0 Å². The van der Waals surface area contributed by atoms with E-state index in [0.717, 1.165) is 4.90 Å². The summed E-state index contributed by atoms with van der Waals surface area (Å²) in [5, 5.41) is 28.8. The van der Waals surface area contributed by atoms with Crippen molar-refractivity contribution in [3.8, 4) is 5.75 Å². The summed E-state index contributed by atoms with van der Waals surface area (Å²) in [6.45, 7) is 0. The van der Waals surface area contributed by atoms with Crippen molar-refractivity contribution in [1.29, 1.82) is 0 Å². The van der Waals surface area contributed by atoms with Gasteiger partial charge in [0, 0.05) is 18.8 Å². The first-order valence-corrected chi connectivity index (χ1v) is 5.59. The number of anilines is 1. The zero-order valence-electron chi connectivity index (χ0n) is 10.6. The number of phenolic OH excluding ortho intramolecular Hbond substituents is 1. The largest absolute Gasteiger partial charge is 0.508 e. The number of carbonyl (C=O) groups is 3. The van der Waals surface area contributed by atoms with Crippen LogP contribution in [0, 0.1) is 0 Å². The summed E-state index contributed by atoms with van der Waals surface area (Å²) in [6, 6.07) is 3.46. The minimum absolute atomic E-state index is 0.0533. The van der Waals surface area contributed by atoms with Crippen LogP contribution in [-0.2, 0) is 9.59 Å². The van der Waals surface area contributed by atoms with Gasteiger partial charge in [0.15, 0.2) is 0 Å². The van der Waals surface area contributed by atoms with Crippen molar-refractivity contribution in [3.05, 3.63) is 24.3 Å². The van der Waals surface area contributed by atoms with Gasteiger partial charge >= 0.3 is 18.0 Å². The van der Waals surface area contributed by atoms with Crippen LogP contribution in [0.25, 0.3) is 0 Å². The molecule has 0 aliphatic rings. The van der Waals surface area contributed by atoms with Gasteiger partial charge in [0.25, 0.3) is 0 Å². The lowest BCUT2D eigenvalue weighted by atomic mass is 10.2. The predicted octanol–water partition coefficient (Wildman–Crippen LogP) is 0.466. The van der Waals surface area contributed by atoms with Crippen molar-refractivity contribution >= 4 is 23.7 Å². The number of nitrogens with zero attached hydrogens (tertiary/aromatic N) is 1. The molecular weight excluding hydrogens is 268 g/mol. The molecule has 2 amide bonds. The maximum atomic E-state index is 11.8. The molecule has 1 aromatic carbocycles. The van der Waals surface area contributed by atoms with Gasteiger partial charge in [-0.1, -0.05) is 6.07 Å². The zero-order chi connectivity index (χ0) is 15.3. The molecule has 0 radical (unpaired) electrons. The molecule has 0 heterocycles. The fraction of sp³-hybridized carbons (Fsp3) is 0.250. The Labute approximate surface area is 114 Å². The highest BCUT2D eigenvalue weighted by atomic mass is 16.4. The number of aliphatic carboxylic acids is 2. The molecular formula is C12H14N2O6. The number of hydrogen-bond acceptors (Lipinski definition) is 4. The molecule has 0 aliphatic heterocycles. The van der Waals surface area contributed by atoms with E-state index in [4.69, 9.17) is 10.2 Å². The number of carboxylic acid groups (broad SMARTS) is 2. The monoisotopic (exact) mass is 282 g/mol. The Balaban J connectivity index is 2.78. The fourth-order valence-electron chi connectivity index (χ4n) is 1.44. The lowest BCUT2D eigenvalue weighted by Gasteiger charge is -2.20. The number of benzene rings is 1. The Morgan fingerprint density at radius 3 is 2.45 bits per heavy atom. The summed E-state index contributed by atoms with van der Waals surface area (Å²) < 4.78 is 0.